The smallest absolute Gasteiger partial charge is 0.323 e. The minimum absolute atomic E-state index is 0.0400. The van der Waals surface area contributed by atoms with E-state index in [-0.39, 0.29) is 36.9 Å². The van der Waals surface area contributed by atoms with E-state index in [4.69, 9.17) is 5.11 Å². The van der Waals surface area contributed by atoms with Gasteiger partial charge < -0.3 is 14.9 Å². The van der Waals surface area contributed by atoms with Crippen LogP contribution in [0.15, 0.2) is 24.3 Å². The number of aliphatic carboxylic acids is 1. The van der Waals surface area contributed by atoms with Gasteiger partial charge in [0.2, 0.25) is 11.8 Å². The average molecular weight is 330 g/mol. The molecular weight excluding hydrogens is 308 g/mol. The summed E-state index contributed by atoms with van der Waals surface area (Å²) >= 11 is 0. The van der Waals surface area contributed by atoms with Crippen LogP contribution in [0, 0.1) is 0 Å². The normalized spacial score (nSPS) is 19.5. The Morgan fingerprint density at radius 2 is 1.96 bits per heavy atom. The molecule has 0 unspecified atom stereocenters. The lowest BCUT2D eigenvalue weighted by Gasteiger charge is -2.37. The Labute approximate surface area is 141 Å². The highest BCUT2D eigenvalue weighted by atomic mass is 16.4. The highest BCUT2D eigenvalue weighted by Crippen LogP contribution is 2.34. The quantitative estimate of drug-likeness (QED) is 0.889. The highest BCUT2D eigenvalue weighted by molar-refractivity contribution is 5.83. The summed E-state index contributed by atoms with van der Waals surface area (Å²) in [5, 5.41) is 9.05. The fourth-order valence-corrected chi connectivity index (χ4v) is 3.48. The predicted molar refractivity (Wildman–Crippen MR) is 87.3 cm³/mol. The van der Waals surface area contributed by atoms with Crippen LogP contribution in [0.1, 0.15) is 43.4 Å². The van der Waals surface area contributed by atoms with Crippen LogP contribution in [0.5, 0.6) is 0 Å². The van der Waals surface area contributed by atoms with E-state index < -0.39 is 5.97 Å². The molecule has 1 N–H and O–H groups in total. The third-order valence-electron chi connectivity index (χ3n) is 4.80. The third kappa shape index (κ3) is 3.42. The second-order valence-corrected chi connectivity index (χ2v) is 6.53. The number of amides is 2. The van der Waals surface area contributed by atoms with Crippen LogP contribution >= 0.6 is 0 Å². The Balaban J connectivity index is 1.83. The monoisotopic (exact) mass is 330 g/mol. The van der Waals surface area contributed by atoms with Crippen LogP contribution in [0.4, 0.5) is 0 Å². The van der Waals surface area contributed by atoms with Gasteiger partial charge in [-0.2, -0.15) is 0 Å². The third-order valence-corrected chi connectivity index (χ3v) is 4.80. The molecule has 6 nitrogen and oxygen atoms in total. The number of carbonyl (C=O) groups is 3. The van der Waals surface area contributed by atoms with Crippen molar-refractivity contribution in [3.63, 3.8) is 0 Å². The van der Waals surface area contributed by atoms with E-state index in [1.807, 2.05) is 24.3 Å². The standard InChI is InChI=1S/C18H22N2O4/c1-12(21)19-9-8-13-4-2-3-5-15(13)16(19)10-17(22)20(11-18(23)24)14-6-7-14/h2-5,14,16H,6-11H2,1H3,(H,23,24)/t16-/m1/s1. The van der Waals surface area contributed by atoms with Crippen LogP contribution in [-0.4, -0.2) is 51.8 Å². The molecule has 24 heavy (non-hydrogen) atoms. The summed E-state index contributed by atoms with van der Waals surface area (Å²) in [4.78, 5) is 39.0. The van der Waals surface area contributed by atoms with Gasteiger partial charge in [-0.3, -0.25) is 14.4 Å². The van der Waals surface area contributed by atoms with Crippen molar-refractivity contribution in [2.24, 2.45) is 0 Å². The van der Waals surface area contributed by atoms with Gasteiger partial charge in [0, 0.05) is 19.5 Å². The lowest BCUT2D eigenvalue weighted by molar-refractivity contribution is -0.146. The maximum absolute atomic E-state index is 12.7. The molecule has 2 aliphatic rings. The average Bonchev–Trinajstić information content (AvgIpc) is 3.37. The van der Waals surface area contributed by atoms with Gasteiger partial charge in [0.25, 0.3) is 0 Å². The molecule has 0 saturated heterocycles. The molecule has 0 radical (unpaired) electrons. The summed E-state index contributed by atoms with van der Waals surface area (Å²) in [6.07, 6.45) is 2.63. The largest absolute Gasteiger partial charge is 0.480 e. The molecule has 1 aromatic carbocycles. The molecule has 0 bridgehead atoms. The molecular formula is C18H22N2O4. The van der Waals surface area contributed by atoms with E-state index >= 15 is 0 Å². The number of benzene rings is 1. The predicted octanol–water partition coefficient (Wildman–Crippen LogP) is 1.60. The second-order valence-electron chi connectivity index (χ2n) is 6.53. The Kier molecular flexibility index (Phi) is 4.55. The maximum Gasteiger partial charge on any atom is 0.323 e. The minimum Gasteiger partial charge on any atom is -0.480 e. The van der Waals surface area contributed by atoms with Crippen LogP contribution in [0.2, 0.25) is 0 Å². The van der Waals surface area contributed by atoms with Crippen LogP contribution in [0.25, 0.3) is 0 Å². The number of carboxylic acids is 1. The molecule has 1 aromatic rings. The fourth-order valence-electron chi connectivity index (χ4n) is 3.48. The number of rotatable bonds is 5. The highest BCUT2D eigenvalue weighted by Gasteiger charge is 2.37. The van der Waals surface area contributed by atoms with Gasteiger partial charge in [0.15, 0.2) is 0 Å². The lowest BCUT2D eigenvalue weighted by atomic mass is 9.90. The van der Waals surface area contributed by atoms with Crippen molar-refractivity contribution in [2.45, 2.75) is 44.7 Å². The van der Waals surface area contributed by atoms with Crippen molar-refractivity contribution in [3.8, 4) is 0 Å². The first-order chi connectivity index (χ1) is 11.5. The summed E-state index contributed by atoms with van der Waals surface area (Å²) in [5.74, 6) is -1.24. The van der Waals surface area contributed by atoms with Crippen LogP contribution in [0.3, 0.4) is 0 Å². The number of fused-ring (bicyclic) bond motifs is 1. The first kappa shape index (κ1) is 16.5. The van der Waals surface area contributed by atoms with Gasteiger partial charge in [-0.25, -0.2) is 0 Å². The maximum atomic E-state index is 12.7. The summed E-state index contributed by atoms with van der Waals surface area (Å²) in [7, 11) is 0. The molecule has 128 valence electrons. The van der Waals surface area contributed by atoms with E-state index in [9.17, 15) is 14.4 Å². The fraction of sp³-hybridized carbons (Fsp3) is 0.500. The van der Waals surface area contributed by atoms with Crippen molar-refractivity contribution >= 4 is 17.8 Å². The molecule has 1 aliphatic heterocycles. The molecule has 0 spiro atoms. The number of carbonyl (C=O) groups excluding carboxylic acids is 2. The molecule has 2 amide bonds. The zero-order chi connectivity index (χ0) is 17.3. The lowest BCUT2D eigenvalue weighted by Crippen LogP contribution is -2.43. The van der Waals surface area contributed by atoms with Crippen LogP contribution < -0.4 is 0 Å². The van der Waals surface area contributed by atoms with Crippen molar-refractivity contribution < 1.29 is 19.5 Å². The number of nitrogens with zero attached hydrogens (tertiary/aromatic N) is 2. The molecule has 6 heteroatoms. The molecule has 1 atom stereocenters. The van der Waals surface area contributed by atoms with E-state index in [1.54, 1.807) is 4.90 Å². The number of hydrogen-bond donors (Lipinski definition) is 1. The molecule has 0 aromatic heterocycles. The molecule has 1 heterocycles. The number of carboxylic acid groups (broad SMARTS) is 1. The Hall–Kier alpha value is -2.37. The Morgan fingerprint density at radius 1 is 1.25 bits per heavy atom. The van der Waals surface area contributed by atoms with E-state index in [0.717, 1.165) is 30.4 Å². The van der Waals surface area contributed by atoms with Gasteiger partial charge in [-0.05, 0) is 30.4 Å². The molecule has 1 fully saturated rings. The minimum atomic E-state index is -0.997. The van der Waals surface area contributed by atoms with Crippen molar-refractivity contribution in [1.29, 1.82) is 0 Å². The first-order valence-corrected chi connectivity index (χ1v) is 8.33. The molecule has 1 saturated carbocycles. The van der Waals surface area contributed by atoms with Crippen molar-refractivity contribution in [1.82, 2.24) is 9.80 Å². The van der Waals surface area contributed by atoms with Crippen LogP contribution in [-0.2, 0) is 20.8 Å². The van der Waals surface area contributed by atoms with Gasteiger partial charge >= 0.3 is 5.97 Å². The first-order valence-electron chi connectivity index (χ1n) is 8.33. The Bertz CT molecular complexity index is 669. The topological polar surface area (TPSA) is 77.9 Å². The van der Waals surface area contributed by atoms with Gasteiger partial charge in [0.05, 0.1) is 12.5 Å². The van der Waals surface area contributed by atoms with E-state index in [0.29, 0.717) is 6.54 Å². The van der Waals surface area contributed by atoms with Gasteiger partial charge in [0.1, 0.15) is 6.54 Å². The summed E-state index contributed by atoms with van der Waals surface area (Å²) in [6.45, 7) is 1.84. The summed E-state index contributed by atoms with van der Waals surface area (Å²) in [5.41, 5.74) is 2.15. The Morgan fingerprint density at radius 3 is 2.58 bits per heavy atom. The van der Waals surface area contributed by atoms with Crippen molar-refractivity contribution in [2.75, 3.05) is 13.1 Å². The van der Waals surface area contributed by atoms with Crippen molar-refractivity contribution in [3.05, 3.63) is 35.4 Å². The van der Waals surface area contributed by atoms with E-state index in [2.05, 4.69) is 0 Å². The molecule has 1 aliphatic carbocycles. The van der Waals surface area contributed by atoms with Gasteiger partial charge in [-0.1, -0.05) is 24.3 Å². The number of hydrogen-bond acceptors (Lipinski definition) is 3. The SMILES string of the molecule is CC(=O)N1CCc2ccccc2[C@H]1CC(=O)N(CC(=O)O)C1CC1. The zero-order valence-corrected chi connectivity index (χ0v) is 13.8. The zero-order valence-electron chi connectivity index (χ0n) is 13.8. The van der Waals surface area contributed by atoms with E-state index in [1.165, 1.54) is 11.8 Å². The van der Waals surface area contributed by atoms with Gasteiger partial charge in [-0.15, -0.1) is 0 Å². The second kappa shape index (κ2) is 6.63. The summed E-state index contributed by atoms with van der Waals surface area (Å²) < 4.78 is 0. The summed E-state index contributed by atoms with van der Waals surface area (Å²) in [6, 6.07) is 7.59. The molecule has 3 rings (SSSR count).